The summed E-state index contributed by atoms with van der Waals surface area (Å²) in [7, 11) is 0. The van der Waals surface area contributed by atoms with Crippen molar-refractivity contribution in [3.8, 4) is 0 Å². The Morgan fingerprint density at radius 2 is 2.19 bits per heavy atom. The Hall–Kier alpha value is -1.48. The molecular formula is C13H13NOS. The fourth-order valence-corrected chi connectivity index (χ4v) is 2.43. The molecule has 0 fully saturated rings. The molecule has 0 N–H and O–H groups in total. The number of hydrogen-bond acceptors (Lipinski definition) is 3. The minimum absolute atomic E-state index is 0.0790. The number of rotatable bonds is 3. The number of nitrogens with zero attached hydrogens (tertiary/aromatic N) is 1. The lowest BCUT2D eigenvalue weighted by Gasteiger charge is -2.01. The van der Waals surface area contributed by atoms with E-state index in [9.17, 15) is 4.79 Å². The van der Waals surface area contributed by atoms with E-state index in [2.05, 4.69) is 11.9 Å². The molecule has 2 rings (SSSR count). The fraction of sp³-hybridized carbons (Fsp3) is 0.231. The van der Waals surface area contributed by atoms with Crippen LogP contribution in [0.15, 0.2) is 30.6 Å². The molecule has 0 atom stereocenters. The van der Waals surface area contributed by atoms with E-state index in [0.717, 1.165) is 16.9 Å². The van der Waals surface area contributed by atoms with E-state index in [4.69, 9.17) is 0 Å². The maximum absolute atomic E-state index is 12.2. The highest BCUT2D eigenvalue weighted by atomic mass is 32.1. The van der Waals surface area contributed by atoms with Crippen LogP contribution in [0, 0.1) is 6.92 Å². The summed E-state index contributed by atoms with van der Waals surface area (Å²) in [6.45, 7) is 4.03. The van der Waals surface area contributed by atoms with Gasteiger partial charge in [-0.25, -0.2) is 0 Å². The highest BCUT2D eigenvalue weighted by molar-refractivity contribution is 7.14. The summed E-state index contributed by atoms with van der Waals surface area (Å²) in [6, 6.07) is 5.78. The Morgan fingerprint density at radius 3 is 2.81 bits per heavy atom. The van der Waals surface area contributed by atoms with E-state index in [1.165, 1.54) is 4.88 Å². The molecule has 82 valence electrons. The van der Waals surface area contributed by atoms with Crippen LogP contribution in [0.25, 0.3) is 0 Å². The average molecular weight is 231 g/mol. The summed E-state index contributed by atoms with van der Waals surface area (Å²) in [5.74, 6) is 0.0790. The third-order valence-electron chi connectivity index (χ3n) is 2.52. The van der Waals surface area contributed by atoms with Crippen LogP contribution in [0.3, 0.4) is 0 Å². The van der Waals surface area contributed by atoms with Crippen molar-refractivity contribution in [3.63, 3.8) is 0 Å². The molecule has 0 bridgehead atoms. The van der Waals surface area contributed by atoms with Gasteiger partial charge in [0.05, 0.1) is 4.88 Å². The summed E-state index contributed by atoms with van der Waals surface area (Å²) in [5, 5.41) is 0. The normalized spacial score (nSPS) is 10.4. The van der Waals surface area contributed by atoms with E-state index >= 15 is 0 Å². The van der Waals surface area contributed by atoms with E-state index < -0.39 is 0 Å². The Bertz CT molecular complexity index is 516. The number of carbonyl (C=O) groups is 1. The molecule has 16 heavy (non-hydrogen) atoms. The molecule has 0 unspecified atom stereocenters. The van der Waals surface area contributed by atoms with Crippen LogP contribution in [-0.2, 0) is 6.42 Å². The molecule has 2 aromatic rings. The zero-order valence-electron chi connectivity index (χ0n) is 9.36. The van der Waals surface area contributed by atoms with Crippen molar-refractivity contribution in [1.82, 2.24) is 4.98 Å². The zero-order valence-corrected chi connectivity index (χ0v) is 10.2. The predicted octanol–water partition coefficient (Wildman–Crippen LogP) is 3.24. The third-order valence-corrected chi connectivity index (χ3v) is 3.75. The predicted molar refractivity (Wildman–Crippen MR) is 66.1 cm³/mol. The van der Waals surface area contributed by atoms with Gasteiger partial charge in [0.25, 0.3) is 0 Å². The van der Waals surface area contributed by atoms with Gasteiger partial charge >= 0.3 is 0 Å². The van der Waals surface area contributed by atoms with Crippen molar-refractivity contribution in [2.24, 2.45) is 0 Å². The van der Waals surface area contributed by atoms with E-state index in [1.807, 2.05) is 25.1 Å². The van der Waals surface area contributed by atoms with Gasteiger partial charge in [-0.3, -0.25) is 9.78 Å². The lowest BCUT2D eigenvalue weighted by Crippen LogP contribution is -2.01. The second-order valence-corrected chi connectivity index (χ2v) is 4.81. The van der Waals surface area contributed by atoms with Crippen molar-refractivity contribution in [2.45, 2.75) is 20.3 Å². The average Bonchev–Trinajstić information content (AvgIpc) is 2.77. The topological polar surface area (TPSA) is 30.0 Å². The number of aromatic nitrogens is 1. The molecule has 0 radical (unpaired) electrons. The summed E-state index contributed by atoms with van der Waals surface area (Å²) < 4.78 is 0. The van der Waals surface area contributed by atoms with Gasteiger partial charge in [-0.15, -0.1) is 11.3 Å². The molecule has 0 aromatic carbocycles. The van der Waals surface area contributed by atoms with E-state index in [0.29, 0.717) is 5.56 Å². The van der Waals surface area contributed by atoms with Gasteiger partial charge in [-0.2, -0.15) is 0 Å². The standard InChI is InChI=1S/C13H13NOS/c1-3-10-4-5-12(16-10)13(15)11-8-14-7-6-9(11)2/h4-8H,3H2,1-2H3. The maximum Gasteiger partial charge on any atom is 0.204 e. The van der Waals surface area contributed by atoms with Crippen LogP contribution in [0.2, 0.25) is 0 Å². The lowest BCUT2D eigenvalue weighted by molar-refractivity contribution is 0.104. The number of pyridine rings is 1. The van der Waals surface area contributed by atoms with Crippen LogP contribution < -0.4 is 0 Å². The molecule has 0 spiro atoms. The Labute approximate surface area is 99.0 Å². The highest BCUT2D eigenvalue weighted by Gasteiger charge is 2.13. The number of ketones is 1. The summed E-state index contributed by atoms with van der Waals surface area (Å²) >= 11 is 1.57. The first-order valence-corrected chi connectivity index (χ1v) is 6.08. The number of thiophene rings is 1. The number of aryl methyl sites for hydroxylation is 2. The smallest absolute Gasteiger partial charge is 0.204 e. The van der Waals surface area contributed by atoms with Gasteiger partial charge in [-0.05, 0) is 37.1 Å². The second-order valence-electron chi connectivity index (χ2n) is 3.64. The van der Waals surface area contributed by atoms with Crippen LogP contribution in [0.1, 0.15) is 32.6 Å². The zero-order chi connectivity index (χ0) is 11.5. The van der Waals surface area contributed by atoms with Crippen molar-refractivity contribution in [3.05, 3.63) is 51.5 Å². The van der Waals surface area contributed by atoms with Crippen molar-refractivity contribution >= 4 is 17.1 Å². The monoisotopic (exact) mass is 231 g/mol. The van der Waals surface area contributed by atoms with E-state index in [1.54, 1.807) is 23.7 Å². The molecule has 0 aliphatic rings. The molecule has 3 heteroatoms. The molecule has 2 nitrogen and oxygen atoms in total. The van der Waals surface area contributed by atoms with Gasteiger partial charge in [0.15, 0.2) is 0 Å². The second kappa shape index (κ2) is 4.58. The van der Waals surface area contributed by atoms with Gasteiger partial charge in [0.1, 0.15) is 0 Å². The van der Waals surface area contributed by atoms with Crippen molar-refractivity contribution in [1.29, 1.82) is 0 Å². The summed E-state index contributed by atoms with van der Waals surface area (Å²) in [6.07, 6.45) is 4.32. The molecule has 2 heterocycles. The van der Waals surface area contributed by atoms with Crippen molar-refractivity contribution in [2.75, 3.05) is 0 Å². The van der Waals surface area contributed by atoms with Crippen LogP contribution >= 0.6 is 11.3 Å². The van der Waals surface area contributed by atoms with Gasteiger partial charge in [0, 0.05) is 22.8 Å². The fourth-order valence-electron chi connectivity index (χ4n) is 1.52. The molecule has 0 saturated carbocycles. The highest BCUT2D eigenvalue weighted by Crippen LogP contribution is 2.21. The molecular weight excluding hydrogens is 218 g/mol. The molecule has 0 amide bonds. The lowest BCUT2D eigenvalue weighted by atomic mass is 10.1. The largest absolute Gasteiger partial charge is 0.288 e. The summed E-state index contributed by atoms with van der Waals surface area (Å²) in [5.41, 5.74) is 1.68. The van der Waals surface area contributed by atoms with E-state index in [-0.39, 0.29) is 5.78 Å². The molecule has 0 saturated heterocycles. The Kier molecular flexibility index (Phi) is 3.15. The van der Waals surface area contributed by atoms with Crippen LogP contribution in [-0.4, -0.2) is 10.8 Å². The molecule has 0 aliphatic heterocycles. The Balaban J connectivity index is 2.35. The minimum atomic E-state index is 0.0790. The van der Waals surface area contributed by atoms with Gasteiger partial charge in [-0.1, -0.05) is 6.92 Å². The van der Waals surface area contributed by atoms with Gasteiger partial charge < -0.3 is 0 Å². The number of hydrogen-bond donors (Lipinski definition) is 0. The van der Waals surface area contributed by atoms with Crippen LogP contribution in [0.4, 0.5) is 0 Å². The molecule has 0 aliphatic carbocycles. The first-order valence-electron chi connectivity index (χ1n) is 5.26. The molecule has 2 aromatic heterocycles. The minimum Gasteiger partial charge on any atom is -0.288 e. The summed E-state index contributed by atoms with van der Waals surface area (Å²) in [4.78, 5) is 18.2. The Morgan fingerprint density at radius 1 is 1.38 bits per heavy atom. The maximum atomic E-state index is 12.2. The number of carbonyl (C=O) groups excluding carboxylic acids is 1. The third kappa shape index (κ3) is 2.04. The first-order chi connectivity index (χ1) is 7.72. The van der Waals surface area contributed by atoms with Crippen LogP contribution in [0.5, 0.6) is 0 Å². The first kappa shape index (κ1) is 11.0. The SMILES string of the molecule is CCc1ccc(C(=O)c2cnccc2C)s1. The van der Waals surface area contributed by atoms with Crippen molar-refractivity contribution < 1.29 is 4.79 Å². The van der Waals surface area contributed by atoms with Gasteiger partial charge in [0.2, 0.25) is 5.78 Å². The quantitative estimate of drug-likeness (QED) is 0.759.